The van der Waals surface area contributed by atoms with Crippen LogP contribution in [0.3, 0.4) is 0 Å². The minimum absolute atomic E-state index is 0. The predicted molar refractivity (Wildman–Crippen MR) is 83.0 cm³/mol. The third kappa shape index (κ3) is 5.48. The molecule has 2 aromatic rings. The first-order valence-corrected chi connectivity index (χ1v) is 7.39. The van der Waals surface area contributed by atoms with Crippen molar-refractivity contribution in [3.8, 4) is 0 Å². The van der Waals surface area contributed by atoms with Crippen LogP contribution in [0.25, 0.3) is 0 Å². The summed E-state index contributed by atoms with van der Waals surface area (Å²) in [5, 5.41) is 7.13. The lowest BCUT2D eigenvalue weighted by molar-refractivity contribution is 0.382. The molecule has 0 radical (unpaired) electrons. The standard InChI is InChI=1S/C13H18N4OS.ClH/c1-10(14-2)7-12-16-13(18-17-12)9-19-8-11-5-3-4-6-15-11;/h3-6,10,14H,7-9H2,1-2H3;1H. The summed E-state index contributed by atoms with van der Waals surface area (Å²) in [5.41, 5.74) is 1.07. The van der Waals surface area contributed by atoms with Crippen molar-refractivity contribution in [2.45, 2.75) is 30.9 Å². The molecule has 0 saturated heterocycles. The van der Waals surface area contributed by atoms with Gasteiger partial charge in [0.15, 0.2) is 5.82 Å². The van der Waals surface area contributed by atoms with Crippen molar-refractivity contribution in [1.29, 1.82) is 0 Å². The van der Waals surface area contributed by atoms with Crippen LogP contribution in [-0.4, -0.2) is 28.2 Å². The van der Waals surface area contributed by atoms with Crippen LogP contribution in [0.2, 0.25) is 0 Å². The van der Waals surface area contributed by atoms with Crippen molar-refractivity contribution in [3.05, 3.63) is 41.8 Å². The predicted octanol–water partition coefficient (Wildman–Crippen LogP) is 2.47. The largest absolute Gasteiger partial charge is 0.338 e. The number of pyridine rings is 1. The molecule has 1 unspecified atom stereocenters. The fourth-order valence-electron chi connectivity index (χ4n) is 1.53. The zero-order valence-corrected chi connectivity index (χ0v) is 13.2. The van der Waals surface area contributed by atoms with Crippen LogP contribution in [0.4, 0.5) is 0 Å². The fraction of sp³-hybridized carbons (Fsp3) is 0.462. The Kier molecular flexibility index (Phi) is 7.58. The van der Waals surface area contributed by atoms with E-state index in [0.717, 1.165) is 29.4 Å². The molecule has 20 heavy (non-hydrogen) atoms. The SMILES string of the molecule is CNC(C)Cc1noc(CSCc2ccccn2)n1.Cl. The normalized spacial score (nSPS) is 11.9. The lowest BCUT2D eigenvalue weighted by Gasteiger charge is -2.04. The third-order valence-electron chi connectivity index (χ3n) is 2.69. The van der Waals surface area contributed by atoms with E-state index >= 15 is 0 Å². The number of aromatic nitrogens is 3. The Bertz CT molecular complexity index is 494. The second-order valence-electron chi connectivity index (χ2n) is 4.31. The first-order chi connectivity index (χ1) is 9.28. The lowest BCUT2D eigenvalue weighted by Crippen LogP contribution is -2.24. The van der Waals surface area contributed by atoms with Gasteiger partial charge in [0.1, 0.15) is 0 Å². The Hall–Kier alpha value is -1.11. The molecule has 0 aliphatic heterocycles. The summed E-state index contributed by atoms with van der Waals surface area (Å²) in [6.45, 7) is 2.09. The number of hydrogen-bond acceptors (Lipinski definition) is 6. The highest BCUT2D eigenvalue weighted by Crippen LogP contribution is 2.15. The molecule has 0 aliphatic carbocycles. The molecule has 2 rings (SSSR count). The molecule has 0 spiro atoms. The molecule has 0 fully saturated rings. The number of rotatable bonds is 7. The number of hydrogen-bond donors (Lipinski definition) is 1. The summed E-state index contributed by atoms with van der Waals surface area (Å²) >= 11 is 1.72. The van der Waals surface area contributed by atoms with Crippen molar-refractivity contribution < 1.29 is 4.52 Å². The van der Waals surface area contributed by atoms with Gasteiger partial charge in [-0.05, 0) is 26.1 Å². The molecular weight excluding hydrogens is 296 g/mol. The molecule has 0 amide bonds. The van der Waals surface area contributed by atoms with E-state index in [9.17, 15) is 0 Å². The molecule has 0 aromatic carbocycles. The summed E-state index contributed by atoms with van der Waals surface area (Å²) in [6, 6.07) is 6.28. The molecular formula is C13H19ClN4OS. The number of halogens is 1. The first kappa shape index (κ1) is 16.9. The van der Waals surface area contributed by atoms with Crippen molar-refractivity contribution in [2.24, 2.45) is 0 Å². The molecule has 0 saturated carbocycles. The monoisotopic (exact) mass is 314 g/mol. The Morgan fingerprint density at radius 1 is 1.35 bits per heavy atom. The molecule has 5 nitrogen and oxygen atoms in total. The van der Waals surface area contributed by atoms with Crippen LogP contribution in [0, 0.1) is 0 Å². The van der Waals surface area contributed by atoms with Crippen molar-refractivity contribution in [2.75, 3.05) is 7.05 Å². The van der Waals surface area contributed by atoms with E-state index in [-0.39, 0.29) is 12.4 Å². The second-order valence-corrected chi connectivity index (χ2v) is 5.30. The average molecular weight is 315 g/mol. The van der Waals surface area contributed by atoms with Crippen LogP contribution in [-0.2, 0) is 17.9 Å². The second kappa shape index (κ2) is 8.94. The van der Waals surface area contributed by atoms with Crippen LogP contribution < -0.4 is 5.32 Å². The van der Waals surface area contributed by atoms with Gasteiger partial charge in [0.05, 0.1) is 11.4 Å². The Morgan fingerprint density at radius 2 is 2.20 bits per heavy atom. The number of nitrogens with one attached hydrogen (secondary N) is 1. The zero-order chi connectivity index (χ0) is 13.5. The van der Waals surface area contributed by atoms with Crippen LogP contribution >= 0.6 is 24.2 Å². The Balaban J connectivity index is 0.00000200. The molecule has 1 N–H and O–H groups in total. The van der Waals surface area contributed by atoms with Gasteiger partial charge in [-0.2, -0.15) is 4.98 Å². The highest BCUT2D eigenvalue weighted by molar-refractivity contribution is 7.97. The van der Waals surface area contributed by atoms with E-state index in [2.05, 4.69) is 27.4 Å². The molecule has 7 heteroatoms. The van der Waals surface area contributed by atoms with Crippen molar-refractivity contribution >= 4 is 24.2 Å². The van der Waals surface area contributed by atoms with Gasteiger partial charge in [-0.25, -0.2) is 0 Å². The highest BCUT2D eigenvalue weighted by atomic mass is 35.5. The van der Waals surface area contributed by atoms with E-state index in [1.807, 2.05) is 25.2 Å². The third-order valence-corrected chi connectivity index (χ3v) is 3.64. The molecule has 2 heterocycles. The van der Waals surface area contributed by atoms with Gasteiger partial charge in [-0.15, -0.1) is 24.2 Å². The molecule has 1 atom stereocenters. The number of nitrogens with zero attached hydrogens (tertiary/aromatic N) is 3. The summed E-state index contributed by atoms with van der Waals surface area (Å²) in [5.74, 6) is 3.01. The van der Waals surface area contributed by atoms with Gasteiger partial charge in [0, 0.05) is 24.4 Å². The van der Waals surface area contributed by atoms with Gasteiger partial charge in [-0.3, -0.25) is 4.98 Å². The topological polar surface area (TPSA) is 63.8 Å². The van der Waals surface area contributed by atoms with Gasteiger partial charge < -0.3 is 9.84 Å². The van der Waals surface area contributed by atoms with Gasteiger partial charge in [0.25, 0.3) is 0 Å². The molecule has 0 aliphatic rings. The highest BCUT2D eigenvalue weighted by Gasteiger charge is 2.09. The Morgan fingerprint density at radius 3 is 2.90 bits per heavy atom. The minimum atomic E-state index is 0. The van der Waals surface area contributed by atoms with Crippen LogP contribution in [0.15, 0.2) is 28.9 Å². The van der Waals surface area contributed by atoms with Gasteiger partial charge in [-0.1, -0.05) is 11.2 Å². The molecule has 2 aromatic heterocycles. The average Bonchev–Trinajstić information content (AvgIpc) is 2.87. The lowest BCUT2D eigenvalue weighted by atomic mass is 10.2. The Labute approximate surface area is 129 Å². The van der Waals surface area contributed by atoms with Crippen LogP contribution in [0.5, 0.6) is 0 Å². The quantitative estimate of drug-likeness (QED) is 0.847. The van der Waals surface area contributed by atoms with Crippen LogP contribution in [0.1, 0.15) is 24.3 Å². The number of thioether (sulfide) groups is 1. The molecule has 0 bridgehead atoms. The number of likely N-dealkylation sites (N-methyl/N-ethyl adjacent to an activating group) is 1. The fourth-order valence-corrected chi connectivity index (χ4v) is 2.31. The van der Waals surface area contributed by atoms with E-state index in [0.29, 0.717) is 11.9 Å². The van der Waals surface area contributed by atoms with E-state index < -0.39 is 0 Å². The first-order valence-electron chi connectivity index (χ1n) is 6.24. The summed E-state index contributed by atoms with van der Waals surface area (Å²) < 4.78 is 5.22. The minimum Gasteiger partial charge on any atom is -0.338 e. The maximum atomic E-state index is 5.22. The zero-order valence-electron chi connectivity index (χ0n) is 11.6. The maximum Gasteiger partial charge on any atom is 0.236 e. The summed E-state index contributed by atoms with van der Waals surface area (Å²) in [4.78, 5) is 8.64. The van der Waals surface area contributed by atoms with Gasteiger partial charge >= 0.3 is 0 Å². The van der Waals surface area contributed by atoms with Crippen molar-refractivity contribution in [3.63, 3.8) is 0 Å². The smallest absolute Gasteiger partial charge is 0.236 e. The van der Waals surface area contributed by atoms with E-state index in [1.165, 1.54) is 0 Å². The molecule has 110 valence electrons. The van der Waals surface area contributed by atoms with Crippen molar-refractivity contribution in [1.82, 2.24) is 20.4 Å². The maximum absolute atomic E-state index is 5.22. The van der Waals surface area contributed by atoms with E-state index in [4.69, 9.17) is 4.52 Å². The summed E-state index contributed by atoms with van der Waals surface area (Å²) in [7, 11) is 1.92. The van der Waals surface area contributed by atoms with E-state index in [1.54, 1.807) is 18.0 Å². The van der Waals surface area contributed by atoms with Gasteiger partial charge in [0.2, 0.25) is 5.89 Å². The summed E-state index contributed by atoms with van der Waals surface area (Å²) in [6.07, 6.45) is 2.59.